The number of quaternary nitrogens is 1. The highest BCUT2D eigenvalue weighted by Gasteiger charge is 2.31. The Morgan fingerprint density at radius 3 is 2.39 bits per heavy atom. The van der Waals surface area contributed by atoms with E-state index in [1.807, 2.05) is 31.2 Å². The summed E-state index contributed by atoms with van der Waals surface area (Å²) in [5.41, 5.74) is 1.82. The minimum Gasteiger partial charge on any atom is -0.872 e. The molecule has 0 aliphatic carbocycles. The van der Waals surface area contributed by atoms with E-state index < -0.39 is 0 Å². The van der Waals surface area contributed by atoms with Crippen LogP contribution in [0.4, 0.5) is 0 Å². The van der Waals surface area contributed by atoms with Crippen molar-refractivity contribution in [3.8, 4) is 17.2 Å². The number of Topliss-reactive ketones (excluding diaryl/α,β-unsaturated/α-hetero) is 1. The zero-order valence-electron chi connectivity index (χ0n) is 19.2. The molecule has 31 heavy (non-hydrogen) atoms. The number of hydrogen-bond donors (Lipinski definition) is 1. The van der Waals surface area contributed by atoms with Crippen molar-refractivity contribution in [3.63, 3.8) is 0 Å². The molecule has 0 aromatic heterocycles. The highest BCUT2D eigenvalue weighted by atomic mass is 16.5. The van der Waals surface area contributed by atoms with Crippen molar-refractivity contribution in [2.75, 3.05) is 19.7 Å². The molecule has 1 N–H and O–H groups in total. The van der Waals surface area contributed by atoms with Gasteiger partial charge in [-0.1, -0.05) is 57.7 Å². The number of para-hydroxylation sites is 1. The Balaban J connectivity index is 1.94. The smallest absolute Gasteiger partial charge is 0.231 e. The minimum atomic E-state index is -0.197. The number of hydrogen-bond acceptors (Lipinski definition) is 4. The van der Waals surface area contributed by atoms with Gasteiger partial charge in [0.15, 0.2) is 5.76 Å². The Bertz CT molecular complexity index is 952. The first-order chi connectivity index (χ1) is 14.8. The molecule has 0 atom stereocenters. The van der Waals surface area contributed by atoms with Crippen LogP contribution in [0.1, 0.15) is 56.1 Å². The maximum absolute atomic E-state index is 13.0. The van der Waals surface area contributed by atoms with Crippen molar-refractivity contribution in [3.05, 3.63) is 58.8 Å². The summed E-state index contributed by atoms with van der Waals surface area (Å²) in [6.07, 6.45) is 1.70. The molecule has 166 valence electrons. The van der Waals surface area contributed by atoms with Gasteiger partial charge in [0.1, 0.15) is 18.0 Å². The second kappa shape index (κ2) is 10.0. The number of allylic oxidation sites excluding steroid dienone is 1. The predicted octanol–water partition coefficient (Wildman–Crippen LogP) is 3.47. The molecule has 2 aromatic carbocycles. The molecule has 0 bridgehead atoms. The first kappa shape index (κ1) is 22.9. The third kappa shape index (κ3) is 5.47. The summed E-state index contributed by atoms with van der Waals surface area (Å²) in [7, 11) is 0. The van der Waals surface area contributed by atoms with Crippen molar-refractivity contribution in [2.45, 2.75) is 41.2 Å². The molecule has 1 aliphatic rings. The second-order valence-electron chi connectivity index (χ2n) is 8.95. The molecule has 0 saturated carbocycles. The Morgan fingerprint density at radius 1 is 1.06 bits per heavy atom. The fraction of sp³-hybridized carbons (Fsp3) is 0.423. The molecule has 0 amide bonds. The lowest BCUT2D eigenvalue weighted by Crippen LogP contribution is -3.11. The summed E-state index contributed by atoms with van der Waals surface area (Å²) in [5.74, 6) is 2.08. The van der Waals surface area contributed by atoms with Crippen LogP contribution < -0.4 is 19.5 Å². The van der Waals surface area contributed by atoms with E-state index in [4.69, 9.17) is 9.47 Å². The number of nitrogens with one attached hydrogen (secondary N) is 1. The van der Waals surface area contributed by atoms with Gasteiger partial charge in [0.05, 0.1) is 25.3 Å². The third-order valence-electron chi connectivity index (χ3n) is 5.22. The van der Waals surface area contributed by atoms with Crippen molar-refractivity contribution < 1.29 is 24.3 Å². The van der Waals surface area contributed by atoms with Crippen LogP contribution in [0.2, 0.25) is 0 Å². The van der Waals surface area contributed by atoms with Crippen LogP contribution in [0.15, 0.2) is 42.2 Å². The van der Waals surface area contributed by atoms with Gasteiger partial charge >= 0.3 is 0 Å². The molecule has 2 aromatic rings. The normalized spacial score (nSPS) is 14.6. The lowest BCUT2D eigenvalue weighted by Gasteiger charge is -2.26. The van der Waals surface area contributed by atoms with Crippen LogP contribution in [0.25, 0.3) is 6.08 Å². The van der Waals surface area contributed by atoms with Crippen LogP contribution in [-0.2, 0) is 6.54 Å². The maximum Gasteiger partial charge on any atom is 0.231 e. The van der Waals surface area contributed by atoms with E-state index in [9.17, 15) is 9.90 Å². The van der Waals surface area contributed by atoms with Gasteiger partial charge in [0.25, 0.3) is 0 Å². The SMILES string of the molecule is CCOc1ccccc1C=C1Oc2c(ccc([O-])c2C[NH+](CC(C)C)CC(C)C)C1=O. The highest BCUT2D eigenvalue weighted by molar-refractivity contribution is 6.15. The Kier molecular flexibility index (Phi) is 7.39. The van der Waals surface area contributed by atoms with Crippen LogP contribution >= 0.6 is 0 Å². The number of fused-ring (bicyclic) bond motifs is 1. The van der Waals surface area contributed by atoms with E-state index >= 15 is 0 Å². The van der Waals surface area contributed by atoms with E-state index in [1.165, 1.54) is 11.0 Å². The van der Waals surface area contributed by atoms with E-state index in [2.05, 4.69) is 27.7 Å². The number of rotatable bonds is 9. The van der Waals surface area contributed by atoms with E-state index in [-0.39, 0.29) is 17.3 Å². The molecular formula is C26H33NO4. The van der Waals surface area contributed by atoms with Crippen molar-refractivity contribution in [2.24, 2.45) is 11.8 Å². The van der Waals surface area contributed by atoms with E-state index in [0.29, 0.717) is 47.6 Å². The number of ether oxygens (including phenoxy) is 2. The molecular weight excluding hydrogens is 390 g/mol. The topological polar surface area (TPSA) is 63.0 Å². The van der Waals surface area contributed by atoms with Gasteiger partial charge in [-0.25, -0.2) is 0 Å². The summed E-state index contributed by atoms with van der Waals surface area (Å²) >= 11 is 0. The standard InChI is InChI=1S/C26H33NO4/c1-6-30-23-10-8-7-9-19(23)13-24-25(29)20-11-12-22(28)21(26(20)31-24)16-27(14-17(2)3)15-18(4)5/h7-13,17-18,28H,6,14-16H2,1-5H3. The number of benzene rings is 2. The van der Waals surface area contributed by atoms with Crippen molar-refractivity contribution >= 4 is 11.9 Å². The van der Waals surface area contributed by atoms with Gasteiger partial charge in [-0.05, 0) is 25.1 Å². The second-order valence-corrected chi connectivity index (χ2v) is 8.95. The number of carbonyl (C=O) groups is 1. The molecule has 5 heteroatoms. The highest BCUT2D eigenvalue weighted by Crippen LogP contribution is 2.38. The van der Waals surface area contributed by atoms with Crippen molar-refractivity contribution in [1.82, 2.24) is 0 Å². The van der Waals surface area contributed by atoms with Crippen LogP contribution in [0, 0.1) is 11.8 Å². The Morgan fingerprint density at radius 2 is 1.74 bits per heavy atom. The summed E-state index contributed by atoms with van der Waals surface area (Å²) in [4.78, 5) is 14.4. The fourth-order valence-corrected chi connectivity index (χ4v) is 4.12. The molecule has 0 unspecified atom stereocenters. The Labute approximate surface area is 185 Å². The fourth-order valence-electron chi connectivity index (χ4n) is 4.12. The lowest BCUT2D eigenvalue weighted by atomic mass is 10.0. The molecule has 0 spiro atoms. The molecule has 1 aliphatic heterocycles. The molecule has 5 nitrogen and oxygen atoms in total. The van der Waals surface area contributed by atoms with E-state index in [0.717, 1.165) is 18.7 Å². The lowest BCUT2D eigenvalue weighted by molar-refractivity contribution is -0.919. The first-order valence-corrected chi connectivity index (χ1v) is 11.1. The van der Waals surface area contributed by atoms with Gasteiger partial charge in [0.2, 0.25) is 5.78 Å². The summed E-state index contributed by atoms with van der Waals surface area (Å²) in [6, 6.07) is 10.6. The van der Waals surface area contributed by atoms with Gasteiger partial charge < -0.3 is 19.5 Å². The number of ketones is 1. The molecule has 0 radical (unpaired) electrons. The van der Waals surface area contributed by atoms with Crippen LogP contribution in [0.5, 0.6) is 17.2 Å². The van der Waals surface area contributed by atoms with Crippen molar-refractivity contribution in [1.29, 1.82) is 0 Å². The zero-order valence-corrected chi connectivity index (χ0v) is 19.2. The molecule has 0 saturated heterocycles. The average molecular weight is 424 g/mol. The maximum atomic E-state index is 13.0. The van der Waals surface area contributed by atoms with Gasteiger partial charge in [-0.3, -0.25) is 4.79 Å². The largest absolute Gasteiger partial charge is 0.872 e. The first-order valence-electron chi connectivity index (χ1n) is 11.1. The monoisotopic (exact) mass is 423 g/mol. The predicted molar refractivity (Wildman–Crippen MR) is 121 cm³/mol. The van der Waals surface area contributed by atoms with Gasteiger partial charge in [-0.15, -0.1) is 0 Å². The zero-order chi connectivity index (χ0) is 22.5. The van der Waals surface area contributed by atoms with Crippen LogP contribution in [0.3, 0.4) is 0 Å². The van der Waals surface area contributed by atoms with Crippen LogP contribution in [-0.4, -0.2) is 25.5 Å². The average Bonchev–Trinajstić information content (AvgIpc) is 3.00. The molecule has 1 heterocycles. The van der Waals surface area contributed by atoms with E-state index in [1.54, 1.807) is 12.1 Å². The quantitative estimate of drug-likeness (QED) is 0.628. The Hall–Kier alpha value is -2.79. The minimum absolute atomic E-state index is 0.0764. The van der Waals surface area contributed by atoms with Gasteiger partial charge in [-0.2, -0.15) is 0 Å². The third-order valence-corrected chi connectivity index (χ3v) is 5.22. The molecule has 3 rings (SSSR count). The summed E-state index contributed by atoms with van der Waals surface area (Å²) in [6.45, 7) is 13.7. The number of carbonyl (C=O) groups excluding carboxylic acids is 1. The summed E-state index contributed by atoms with van der Waals surface area (Å²) < 4.78 is 11.7. The van der Waals surface area contributed by atoms with Gasteiger partial charge in [0, 0.05) is 23.0 Å². The summed E-state index contributed by atoms with van der Waals surface area (Å²) in [5, 5.41) is 12.8. The molecule has 0 fully saturated rings.